The fourth-order valence-electron chi connectivity index (χ4n) is 8.68. The summed E-state index contributed by atoms with van der Waals surface area (Å²) >= 11 is 0. The Labute approximate surface area is 310 Å². The van der Waals surface area contributed by atoms with Crippen molar-refractivity contribution >= 4 is 17.3 Å². The van der Waals surface area contributed by atoms with E-state index in [1.165, 1.54) is 49.7 Å². The summed E-state index contributed by atoms with van der Waals surface area (Å²) in [5.74, 6) is 1.64. The minimum absolute atomic E-state index is 0.0827. The summed E-state index contributed by atoms with van der Waals surface area (Å²) in [6.45, 7) is 6.64. The van der Waals surface area contributed by atoms with Gasteiger partial charge in [0, 0.05) is 35.1 Å². The molecule has 0 amide bonds. The highest BCUT2D eigenvalue weighted by Gasteiger charge is 2.29. The molecule has 0 radical (unpaired) electrons. The Morgan fingerprint density at radius 1 is 0.500 bits per heavy atom. The molecule has 4 aromatic carbocycles. The normalized spacial score (nSPS) is 16.9. The molecule has 0 N–H and O–H groups in total. The van der Waals surface area contributed by atoms with Gasteiger partial charge in [0.2, 0.25) is 0 Å². The summed E-state index contributed by atoms with van der Waals surface area (Å²) in [4.78, 5) is 45.0. The predicted octanol–water partition coefficient (Wildman–Crippen LogP) is 9.51. The molecule has 2 heterocycles. The second kappa shape index (κ2) is 17.6. The van der Waals surface area contributed by atoms with E-state index in [1.54, 1.807) is 12.1 Å². The molecule has 5 heteroatoms. The molecule has 4 aromatic rings. The molecule has 52 heavy (non-hydrogen) atoms. The van der Waals surface area contributed by atoms with E-state index in [0.29, 0.717) is 35.1 Å². The lowest BCUT2D eigenvalue weighted by Crippen LogP contribution is -2.35. The van der Waals surface area contributed by atoms with Crippen LogP contribution in [0.4, 0.5) is 0 Å². The molecule has 7 rings (SSSR count). The monoisotopic (exact) mass is 694 g/mol. The number of benzene rings is 4. The van der Waals surface area contributed by atoms with Gasteiger partial charge in [-0.2, -0.15) is 0 Å². The van der Waals surface area contributed by atoms with Gasteiger partial charge in [0.15, 0.2) is 17.3 Å². The van der Waals surface area contributed by atoms with Crippen LogP contribution >= 0.6 is 0 Å². The van der Waals surface area contributed by atoms with Crippen molar-refractivity contribution in [3.63, 3.8) is 0 Å². The number of ketones is 3. The highest BCUT2D eigenvalue weighted by molar-refractivity contribution is 6.23. The van der Waals surface area contributed by atoms with Crippen molar-refractivity contribution < 1.29 is 14.4 Å². The number of hydrogen-bond donors (Lipinski definition) is 0. The summed E-state index contributed by atoms with van der Waals surface area (Å²) < 4.78 is 0. The number of fused-ring (bicyclic) bond motifs is 3. The van der Waals surface area contributed by atoms with Crippen molar-refractivity contribution in [3.8, 4) is 11.1 Å². The minimum atomic E-state index is -0.0827. The second-order valence-electron chi connectivity index (χ2n) is 15.6. The first-order valence-electron chi connectivity index (χ1n) is 19.9. The molecule has 0 spiro atoms. The van der Waals surface area contributed by atoms with Crippen LogP contribution < -0.4 is 0 Å². The van der Waals surface area contributed by atoms with Crippen molar-refractivity contribution in [1.82, 2.24) is 9.80 Å². The molecule has 5 nitrogen and oxygen atoms in total. The zero-order valence-electron chi connectivity index (χ0n) is 30.7. The third-order valence-electron chi connectivity index (χ3n) is 11.9. The Balaban J connectivity index is 0.816. The Morgan fingerprint density at radius 2 is 0.904 bits per heavy atom. The fraction of sp³-hybridized carbons (Fsp3) is 0.426. The molecule has 2 saturated heterocycles. The third kappa shape index (κ3) is 9.23. The molecule has 0 saturated carbocycles. The molecule has 0 bridgehead atoms. The van der Waals surface area contributed by atoms with Crippen molar-refractivity contribution in [2.24, 2.45) is 11.8 Å². The van der Waals surface area contributed by atoms with Gasteiger partial charge in [-0.25, -0.2) is 0 Å². The molecule has 0 atom stereocenters. The number of Topliss-reactive ketones (excluding diaryl/α,β-unsaturated/α-hetero) is 2. The Kier molecular flexibility index (Phi) is 12.2. The fourth-order valence-corrected chi connectivity index (χ4v) is 8.68. The lowest BCUT2D eigenvalue weighted by atomic mass is 9.90. The number of piperidine rings is 2. The first-order valence-corrected chi connectivity index (χ1v) is 19.9. The molecule has 0 unspecified atom stereocenters. The Hall–Kier alpha value is -4.19. The minimum Gasteiger partial charge on any atom is -0.303 e. The summed E-state index contributed by atoms with van der Waals surface area (Å²) in [6, 6.07) is 32.7. The predicted molar refractivity (Wildman–Crippen MR) is 210 cm³/mol. The van der Waals surface area contributed by atoms with E-state index in [2.05, 4.69) is 70.5 Å². The van der Waals surface area contributed by atoms with Gasteiger partial charge >= 0.3 is 0 Å². The van der Waals surface area contributed by atoms with Gasteiger partial charge in [-0.3, -0.25) is 14.4 Å². The molecule has 0 aromatic heterocycles. The highest BCUT2D eigenvalue weighted by Crippen LogP contribution is 2.38. The lowest BCUT2D eigenvalue weighted by molar-refractivity contribution is 0.0968. The van der Waals surface area contributed by atoms with E-state index >= 15 is 0 Å². The van der Waals surface area contributed by atoms with Crippen molar-refractivity contribution in [2.45, 2.75) is 77.0 Å². The molecule has 2 fully saturated rings. The maximum Gasteiger partial charge on any atom is 0.194 e. The van der Waals surface area contributed by atoms with Crippen LogP contribution in [0.5, 0.6) is 0 Å². The number of unbranched alkanes of at least 4 members (excludes halogenated alkanes) is 2. The average Bonchev–Trinajstić information content (AvgIpc) is 3.47. The third-order valence-corrected chi connectivity index (χ3v) is 11.9. The maximum atomic E-state index is 13.5. The van der Waals surface area contributed by atoms with E-state index in [0.717, 1.165) is 87.9 Å². The van der Waals surface area contributed by atoms with Crippen molar-refractivity contribution in [1.29, 1.82) is 0 Å². The second-order valence-corrected chi connectivity index (χ2v) is 15.6. The number of carbonyl (C=O) groups is 3. The molecular weight excluding hydrogens is 641 g/mol. The van der Waals surface area contributed by atoms with E-state index in [9.17, 15) is 14.4 Å². The van der Waals surface area contributed by atoms with E-state index in [4.69, 9.17) is 0 Å². The first kappa shape index (κ1) is 36.2. The van der Waals surface area contributed by atoms with Gasteiger partial charge in [0.25, 0.3) is 0 Å². The van der Waals surface area contributed by atoms with Gasteiger partial charge in [0.05, 0.1) is 0 Å². The van der Waals surface area contributed by atoms with E-state index in [1.807, 2.05) is 24.3 Å². The SMILES string of the molecule is O=C(CCCCN1CCC(Cc2ccccc2)CC1)c1ccc2c(c1)C(=O)c1cc(C(=O)CCCCN3CCC(Cc4ccccc4)CC3)ccc1-2. The van der Waals surface area contributed by atoms with Crippen LogP contribution in [-0.2, 0) is 12.8 Å². The lowest BCUT2D eigenvalue weighted by Gasteiger charge is -2.32. The number of hydrogen-bond acceptors (Lipinski definition) is 5. The van der Waals surface area contributed by atoms with Crippen LogP contribution in [-0.4, -0.2) is 66.4 Å². The van der Waals surface area contributed by atoms with Gasteiger partial charge in [-0.1, -0.05) is 84.9 Å². The molecule has 270 valence electrons. The Bertz CT molecular complexity index is 1690. The van der Waals surface area contributed by atoms with Gasteiger partial charge in [0.1, 0.15) is 0 Å². The number of likely N-dealkylation sites (tertiary alicyclic amines) is 2. The van der Waals surface area contributed by atoms with Crippen molar-refractivity contribution in [3.05, 3.63) is 130 Å². The Morgan fingerprint density at radius 3 is 1.31 bits per heavy atom. The number of nitrogens with zero attached hydrogens (tertiary/aromatic N) is 2. The number of rotatable bonds is 16. The summed E-state index contributed by atoms with van der Waals surface area (Å²) in [5.41, 5.74) is 6.98. The quantitative estimate of drug-likeness (QED) is 0.0761. The highest BCUT2D eigenvalue weighted by atomic mass is 16.1. The maximum absolute atomic E-state index is 13.5. The van der Waals surface area contributed by atoms with Gasteiger partial charge < -0.3 is 9.80 Å². The molecule has 1 aliphatic carbocycles. The zero-order valence-corrected chi connectivity index (χ0v) is 30.7. The van der Waals surface area contributed by atoms with Crippen LogP contribution in [0.15, 0.2) is 97.1 Å². The average molecular weight is 695 g/mol. The first-order chi connectivity index (χ1) is 25.5. The van der Waals surface area contributed by atoms with E-state index < -0.39 is 0 Å². The van der Waals surface area contributed by atoms with Crippen LogP contribution in [0, 0.1) is 11.8 Å². The number of carbonyl (C=O) groups excluding carboxylic acids is 3. The summed E-state index contributed by atoms with van der Waals surface area (Å²) in [6.07, 6.45) is 12.0. The van der Waals surface area contributed by atoms with Crippen LogP contribution in [0.1, 0.15) is 112 Å². The smallest absolute Gasteiger partial charge is 0.194 e. The summed E-state index contributed by atoms with van der Waals surface area (Å²) in [5, 5.41) is 0. The van der Waals surface area contributed by atoms with Crippen LogP contribution in [0.25, 0.3) is 11.1 Å². The van der Waals surface area contributed by atoms with Gasteiger partial charge in [-0.05, 0) is 150 Å². The zero-order chi connectivity index (χ0) is 35.7. The van der Waals surface area contributed by atoms with Crippen LogP contribution in [0.2, 0.25) is 0 Å². The topological polar surface area (TPSA) is 57.7 Å². The van der Waals surface area contributed by atoms with Gasteiger partial charge in [-0.15, -0.1) is 0 Å². The van der Waals surface area contributed by atoms with E-state index in [-0.39, 0.29) is 17.3 Å². The summed E-state index contributed by atoms with van der Waals surface area (Å²) in [7, 11) is 0. The standard InChI is InChI=1S/C47H54N2O3/c50-45(15-7-9-25-48-27-21-37(22-28-48)31-35-11-3-1-4-12-35)39-17-19-41-42-20-18-40(34-44(42)47(52)43(41)33-39)46(51)16-8-10-26-49-29-23-38(24-30-49)32-36-13-5-2-6-14-36/h1-6,11-14,17-20,33-34,37-38H,7-10,15-16,21-32H2. The molecular formula is C47H54N2O3. The van der Waals surface area contributed by atoms with Crippen LogP contribution in [0.3, 0.4) is 0 Å². The largest absolute Gasteiger partial charge is 0.303 e. The van der Waals surface area contributed by atoms with Crippen molar-refractivity contribution in [2.75, 3.05) is 39.3 Å². The molecule has 3 aliphatic rings. The molecule has 2 aliphatic heterocycles.